The molecule has 0 radical (unpaired) electrons. The fourth-order valence-corrected chi connectivity index (χ4v) is 3.77. The molecule has 0 aliphatic heterocycles. The fraction of sp³-hybridized carbons (Fsp3) is 0.143. The highest BCUT2D eigenvalue weighted by molar-refractivity contribution is 5.94. The van der Waals surface area contributed by atoms with Crippen molar-refractivity contribution < 1.29 is 4.79 Å². The third-order valence-electron chi connectivity index (χ3n) is 5.71. The molecule has 38 heavy (non-hydrogen) atoms. The maximum atomic E-state index is 13.4. The van der Waals surface area contributed by atoms with Crippen molar-refractivity contribution in [2.45, 2.75) is 19.5 Å². The van der Waals surface area contributed by atoms with Gasteiger partial charge in [0.15, 0.2) is 0 Å². The zero-order valence-corrected chi connectivity index (χ0v) is 22.2. The second-order valence-electron chi connectivity index (χ2n) is 8.30. The molecule has 4 rings (SSSR count). The van der Waals surface area contributed by atoms with Gasteiger partial charge in [0.1, 0.15) is 23.9 Å². The molecule has 8 nitrogen and oxygen atoms in total. The van der Waals surface area contributed by atoms with E-state index in [0.29, 0.717) is 23.6 Å². The number of anilines is 1. The monoisotopic (exact) mass is 552 g/mol. The van der Waals surface area contributed by atoms with Gasteiger partial charge in [-0.1, -0.05) is 84.9 Å². The summed E-state index contributed by atoms with van der Waals surface area (Å²) in [4.78, 5) is 30.7. The molecule has 4 aromatic rings. The van der Waals surface area contributed by atoms with Crippen LogP contribution in [0.15, 0.2) is 95.9 Å². The van der Waals surface area contributed by atoms with E-state index in [9.17, 15) is 9.59 Å². The van der Waals surface area contributed by atoms with Crippen molar-refractivity contribution >= 4 is 42.2 Å². The van der Waals surface area contributed by atoms with E-state index in [1.807, 2.05) is 60.7 Å². The number of nitrogens with one attached hydrogen (secondary N) is 3. The molecule has 198 valence electrons. The van der Waals surface area contributed by atoms with E-state index in [4.69, 9.17) is 11.1 Å². The molecule has 0 bridgehead atoms. The first-order valence-electron chi connectivity index (χ1n) is 11.6. The Morgan fingerprint density at radius 2 is 1.53 bits per heavy atom. The number of nitrogens with two attached hydrogens (primary N) is 1. The summed E-state index contributed by atoms with van der Waals surface area (Å²) in [5.74, 6) is 0.103. The first-order chi connectivity index (χ1) is 17.5. The van der Waals surface area contributed by atoms with Gasteiger partial charge >= 0.3 is 0 Å². The molecule has 0 aliphatic carbocycles. The number of aromatic nitrogens is 2. The Bertz CT molecular complexity index is 1390. The largest absolute Gasteiger partial charge is 0.384 e. The summed E-state index contributed by atoms with van der Waals surface area (Å²) in [6.45, 7) is 0.679. The minimum absolute atomic E-state index is 0. The van der Waals surface area contributed by atoms with Crippen LogP contribution in [0, 0.1) is 5.41 Å². The fourth-order valence-electron chi connectivity index (χ4n) is 3.77. The van der Waals surface area contributed by atoms with Gasteiger partial charge < -0.3 is 16.4 Å². The Balaban J connectivity index is 0.00000253. The van der Waals surface area contributed by atoms with E-state index in [1.54, 1.807) is 24.3 Å². The van der Waals surface area contributed by atoms with Gasteiger partial charge in [0.2, 0.25) is 5.91 Å². The molecule has 0 fully saturated rings. The Morgan fingerprint density at radius 1 is 0.895 bits per heavy atom. The van der Waals surface area contributed by atoms with E-state index in [0.717, 1.165) is 23.1 Å². The second kappa shape index (κ2) is 14.6. The smallest absolute Gasteiger partial charge is 0.277 e. The van der Waals surface area contributed by atoms with Gasteiger partial charge in [-0.25, -0.2) is 4.98 Å². The standard InChI is InChI=1S/C28H28N6O2.2ClH/c29-26(30)22-13-11-21(12-14-22)17-32-25(35)19-34-27(23-9-5-2-6-10-23)33-18-24(28(34)36)31-16-15-20-7-3-1-4-8-20;;/h1-14,18,31H,15-17,19H2,(H3,29,30)(H,32,35);2*1H. The Hall–Kier alpha value is -4.14. The molecule has 1 amide bonds. The van der Waals surface area contributed by atoms with E-state index in [2.05, 4.69) is 15.6 Å². The highest BCUT2D eigenvalue weighted by Crippen LogP contribution is 2.16. The van der Waals surface area contributed by atoms with Crippen molar-refractivity contribution in [1.82, 2.24) is 14.9 Å². The minimum atomic E-state index is -0.312. The molecule has 1 heterocycles. The lowest BCUT2D eigenvalue weighted by Crippen LogP contribution is -2.34. The highest BCUT2D eigenvalue weighted by Gasteiger charge is 2.15. The molecule has 0 saturated carbocycles. The molecule has 5 N–H and O–H groups in total. The number of benzene rings is 3. The summed E-state index contributed by atoms with van der Waals surface area (Å²) in [6, 6.07) is 26.4. The van der Waals surface area contributed by atoms with Crippen LogP contribution in [0.3, 0.4) is 0 Å². The van der Waals surface area contributed by atoms with Gasteiger partial charge in [-0.2, -0.15) is 0 Å². The van der Waals surface area contributed by atoms with Crippen molar-refractivity contribution in [2.24, 2.45) is 5.73 Å². The summed E-state index contributed by atoms with van der Waals surface area (Å²) in [7, 11) is 0. The number of nitrogens with zero attached hydrogens (tertiary/aromatic N) is 2. The quantitative estimate of drug-likeness (QED) is 0.175. The molecule has 1 aromatic heterocycles. The van der Waals surface area contributed by atoms with Crippen molar-refractivity contribution in [1.29, 1.82) is 5.41 Å². The highest BCUT2D eigenvalue weighted by atomic mass is 35.5. The van der Waals surface area contributed by atoms with Crippen LogP contribution in [-0.2, 0) is 24.3 Å². The predicted molar refractivity (Wildman–Crippen MR) is 156 cm³/mol. The van der Waals surface area contributed by atoms with Crippen LogP contribution in [-0.4, -0.2) is 27.8 Å². The van der Waals surface area contributed by atoms with Crippen molar-refractivity contribution in [3.05, 3.63) is 118 Å². The number of hydrogen-bond donors (Lipinski definition) is 4. The van der Waals surface area contributed by atoms with Gasteiger partial charge in [-0.3, -0.25) is 19.6 Å². The summed E-state index contributed by atoms with van der Waals surface area (Å²) in [6.07, 6.45) is 2.28. The molecular weight excluding hydrogens is 523 g/mol. The average molecular weight is 553 g/mol. The van der Waals surface area contributed by atoms with Crippen LogP contribution in [0.2, 0.25) is 0 Å². The SMILES string of the molecule is Cl.Cl.N=C(N)c1ccc(CNC(=O)Cn2c(-c3ccccc3)ncc(NCCc3ccccc3)c2=O)cc1. The number of amides is 1. The average Bonchev–Trinajstić information content (AvgIpc) is 2.91. The molecular formula is C28H30Cl2N6O2. The maximum Gasteiger partial charge on any atom is 0.277 e. The van der Waals surface area contributed by atoms with Gasteiger partial charge in [0, 0.05) is 24.2 Å². The molecule has 0 saturated heterocycles. The second-order valence-corrected chi connectivity index (χ2v) is 8.30. The normalized spacial score (nSPS) is 10.0. The zero-order valence-electron chi connectivity index (χ0n) is 20.6. The lowest BCUT2D eigenvalue weighted by molar-refractivity contribution is -0.121. The molecule has 0 atom stereocenters. The van der Waals surface area contributed by atoms with Crippen LogP contribution < -0.4 is 21.9 Å². The number of amidine groups is 1. The third kappa shape index (κ3) is 7.93. The lowest BCUT2D eigenvalue weighted by Gasteiger charge is -2.15. The Kier molecular flexibility index (Phi) is 11.5. The minimum Gasteiger partial charge on any atom is -0.384 e. The van der Waals surface area contributed by atoms with Gasteiger partial charge in [-0.15, -0.1) is 24.8 Å². The van der Waals surface area contributed by atoms with Gasteiger partial charge in [-0.05, 0) is 17.5 Å². The molecule has 0 spiro atoms. The van der Waals surface area contributed by atoms with E-state index in [1.165, 1.54) is 10.8 Å². The number of nitrogen functional groups attached to an aromatic ring is 1. The van der Waals surface area contributed by atoms with Crippen molar-refractivity contribution in [2.75, 3.05) is 11.9 Å². The molecule has 10 heteroatoms. The number of hydrogen-bond acceptors (Lipinski definition) is 5. The predicted octanol–water partition coefficient (Wildman–Crippen LogP) is 4.01. The molecule has 0 aliphatic rings. The van der Waals surface area contributed by atoms with Crippen molar-refractivity contribution in [3.8, 4) is 11.4 Å². The lowest BCUT2D eigenvalue weighted by atomic mass is 10.1. The van der Waals surface area contributed by atoms with E-state index in [-0.39, 0.29) is 55.2 Å². The molecule has 0 unspecified atom stereocenters. The molecule has 3 aromatic carbocycles. The summed E-state index contributed by atoms with van der Waals surface area (Å²) in [5, 5.41) is 13.5. The number of halogens is 2. The van der Waals surface area contributed by atoms with Crippen LogP contribution in [0.1, 0.15) is 16.7 Å². The first-order valence-corrected chi connectivity index (χ1v) is 11.6. The number of rotatable bonds is 10. The Labute approximate surface area is 233 Å². The first kappa shape index (κ1) is 30.1. The van der Waals surface area contributed by atoms with E-state index < -0.39 is 0 Å². The van der Waals surface area contributed by atoms with Crippen LogP contribution in [0.4, 0.5) is 5.69 Å². The summed E-state index contributed by atoms with van der Waals surface area (Å²) in [5.41, 5.74) is 8.92. The van der Waals surface area contributed by atoms with Crippen LogP contribution in [0.25, 0.3) is 11.4 Å². The maximum absolute atomic E-state index is 13.4. The zero-order chi connectivity index (χ0) is 25.3. The number of carbonyl (C=O) groups excluding carboxylic acids is 1. The van der Waals surface area contributed by atoms with Crippen LogP contribution in [0.5, 0.6) is 0 Å². The Morgan fingerprint density at radius 3 is 2.16 bits per heavy atom. The van der Waals surface area contributed by atoms with E-state index >= 15 is 0 Å². The van der Waals surface area contributed by atoms with Crippen LogP contribution >= 0.6 is 24.8 Å². The van der Waals surface area contributed by atoms with Gasteiger partial charge in [0.05, 0.1) is 6.20 Å². The summed E-state index contributed by atoms with van der Waals surface area (Å²) >= 11 is 0. The topological polar surface area (TPSA) is 126 Å². The number of carbonyl (C=O) groups is 1. The van der Waals surface area contributed by atoms with Crippen molar-refractivity contribution in [3.63, 3.8) is 0 Å². The van der Waals surface area contributed by atoms with Gasteiger partial charge in [0.25, 0.3) is 5.56 Å². The summed E-state index contributed by atoms with van der Waals surface area (Å²) < 4.78 is 1.40. The third-order valence-corrected chi connectivity index (χ3v) is 5.71.